The smallest absolute Gasteiger partial charge is 0.131 e. The highest BCUT2D eigenvalue weighted by Gasteiger charge is 2.23. The Morgan fingerprint density at radius 1 is 1.53 bits per heavy atom. The average molecular weight is 228 g/mol. The Morgan fingerprint density at radius 2 is 2.27 bits per heavy atom. The maximum Gasteiger partial charge on any atom is 0.131 e. The molecule has 0 saturated carbocycles. The summed E-state index contributed by atoms with van der Waals surface area (Å²) in [7, 11) is 1.90. The van der Waals surface area contributed by atoms with E-state index in [4.69, 9.17) is 11.6 Å². The summed E-state index contributed by atoms with van der Waals surface area (Å²) < 4.78 is 1.76. The molecule has 1 atom stereocenters. The second-order valence-electron chi connectivity index (χ2n) is 4.44. The molecule has 1 fully saturated rings. The minimum absolute atomic E-state index is 0.681. The highest BCUT2D eigenvalue weighted by molar-refractivity contribution is 6.30. The molecule has 0 bridgehead atoms. The largest absolute Gasteiger partial charge is 0.296 e. The van der Waals surface area contributed by atoms with Crippen LogP contribution in [0.1, 0.15) is 31.0 Å². The summed E-state index contributed by atoms with van der Waals surface area (Å²) in [5.74, 6) is 0. The van der Waals surface area contributed by atoms with Crippen LogP contribution >= 0.6 is 11.6 Å². The fraction of sp³-hybridized carbons (Fsp3) is 0.727. The number of hydrogen-bond acceptors (Lipinski definition) is 2. The summed E-state index contributed by atoms with van der Waals surface area (Å²) in [5, 5.41) is 5.12. The van der Waals surface area contributed by atoms with E-state index in [1.54, 1.807) is 4.68 Å². The van der Waals surface area contributed by atoms with Crippen LogP contribution in [0.15, 0.2) is 0 Å². The van der Waals surface area contributed by atoms with E-state index in [2.05, 4.69) is 16.9 Å². The Kier molecular flexibility index (Phi) is 3.03. The number of nitrogens with zero attached hydrogens (tertiary/aromatic N) is 3. The fourth-order valence-corrected chi connectivity index (χ4v) is 2.52. The van der Waals surface area contributed by atoms with Gasteiger partial charge in [0.1, 0.15) is 5.15 Å². The molecule has 2 heterocycles. The summed E-state index contributed by atoms with van der Waals surface area (Å²) in [6, 6.07) is 0.681. The van der Waals surface area contributed by atoms with Gasteiger partial charge in [0, 0.05) is 25.2 Å². The van der Waals surface area contributed by atoms with Crippen LogP contribution in [0.25, 0.3) is 0 Å². The van der Waals surface area contributed by atoms with E-state index < -0.39 is 0 Å². The maximum atomic E-state index is 6.21. The average Bonchev–Trinajstić information content (AvgIpc) is 2.67. The molecule has 2 rings (SSSR count). The molecule has 0 N–H and O–H groups in total. The van der Waals surface area contributed by atoms with Crippen molar-refractivity contribution < 1.29 is 0 Å². The van der Waals surface area contributed by atoms with E-state index in [-0.39, 0.29) is 0 Å². The van der Waals surface area contributed by atoms with Crippen LogP contribution in [0, 0.1) is 6.92 Å². The van der Waals surface area contributed by atoms with Crippen molar-refractivity contribution in [3.8, 4) is 0 Å². The zero-order valence-electron chi connectivity index (χ0n) is 9.63. The van der Waals surface area contributed by atoms with Gasteiger partial charge in [0.25, 0.3) is 0 Å². The van der Waals surface area contributed by atoms with Crippen LogP contribution in [0.3, 0.4) is 0 Å². The van der Waals surface area contributed by atoms with E-state index in [0.717, 1.165) is 17.4 Å². The van der Waals surface area contributed by atoms with Crippen molar-refractivity contribution in [2.24, 2.45) is 7.05 Å². The number of likely N-dealkylation sites (tertiary alicyclic amines) is 1. The molecule has 4 heteroatoms. The van der Waals surface area contributed by atoms with Gasteiger partial charge in [0.2, 0.25) is 0 Å². The molecule has 0 aliphatic carbocycles. The lowest BCUT2D eigenvalue weighted by Gasteiger charge is -2.20. The van der Waals surface area contributed by atoms with Gasteiger partial charge in [-0.2, -0.15) is 5.10 Å². The molecule has 3 nitrogen and oxygen atoms in total. The van der Waals surface area contributed by atoms with Gasteiger partial charge in [-0.3, -0.25) is 9.58 Å². The standard InChI is InChI=1S/C11H18ClN3/c1-8-5-4-6-15(8)7-10-9(2)13-14(3)11(10)12/h8H,4-7H2,1-3H3. The highest BCUT2D eigenvalue weighted by atomic mass is 35.5. The highest BCUT2D eigenvalue weighted by Crippen LogP contribution is 2.25. The van der Waals surface area contributed by atoms with Gasteiger partial charge in [-0.1, -0.05) is 11.6 Å². The van der Waals surface area contributed by atoms with Crippen molar-refractivity contribution in [3.05, 3.63) is 16.4 Å². The molecule has 0 amide bonds. The minimum Gasteiger partial charge on any atom is -0.296 e. The normalized spacial score (nSPS) is 22.5. The lowest BCUT2D eigenvalue weighted by Crippen LogP contribution is -2.26. The molecular weight excluding hydrogens is 210 g/mol. The lowest BCUT2D eigenvalue weighted by atomic mass is 10.2. The van der Waals surface area contributed by atoms with E-state index in [9.17, 15) is 0 Å². The molecule has 1 aromatic rings. The summed E-state index contributed by atoms with van der Waals surface area (Å²) in [6.45, 7) is 6.44. The van der Waals surface area contributed by atoms with Gasteiger partial charge < -0.3 is 0 Å². The predicted octanol–water partition coefficient (Wildman–Crippen LogP) is 2.37. The van der Waals surface area contributed by atoms with Gasteiger partial charge in [-0.15, -0.1) is 0 Å². The second kappa shape index (κ2) is 4.14. The maximum absolute atomic E-state index is 6.21. The van der Waals surface area contributed by atoms with Crippen LogP contribution in [0.2, 0.25) is 5.15 Å². The third-order valence-electron chi connectivity index (χ3n) is 3.32. The zero-order valence-corrected chi connectivity index (χ0v) is 10.4. The van der Waals surface area contributed by atoms with Crippen LogP contribution in [0.4, 0.5) is 0 Å². The molecule has 0 spiro atoms. The van der Waals surface area contributed by atoms with Gasteiger partial charge in [0.05, 0.1) is 5.69 Å². The third kappa shape index (κ3) is 2.04. The van der Waals surface area contributed by atoms with E-state index in [1.165, 1.54) is 24.9 Å². The molecule has 1 aliphatic rings. The molecule has 84 valence electrons. The molecule has 1 aliphatic heterocycles. The van der Waals surface area contributed by atoms with Crippen LogP contribution < -0.4 is 0 Å². The summed E-state index contributed by atoms with van der Waals surface area (Å²) in [5.41, 5.74) is 2.24. The third-order valence-corrected chi connectivity index (χ3v) is 3.79. The summed E-state index contributed by atoms with van der Waals surface area (Å²) in [4.78, 5) is 2.48. The Labute approximate surface area is 96.0 Å². The first-order chi connectivity index (χ1) is 7.09. The molecule has 0 aromatic carbocycles. The summed E-state index contributed by atoms with van der Waals surface area (Å²) >= 11 is 6.21. The topological polar surface area (TPSA) is 21.1 Å². The van der Waals surface area contributed by atoms with E-state index in [1.807, 2.05) is 14.0 Å². The number of aryl methyl sites for hydroxylation is 2. The minimum atomic E-state index is 0.681. The number of hydrogen-bond donors (Lipinski definition) is 0. The van der Waals surface area contributed by atoms with Crippen LogP contribution in [-0.2, 0) is 13.6 Å². The van der Waals surface area contributed by atoms with Gasteiger partial charge in [-0.05, 0) is 33.2 Å². The number of aromatic nitrogens is 2. The Balaban J connectivity index is 2.16. The van der Waals surface area contributed by atoms with Crippen LogP contribution in [0.5, 0.6) is 0 Å². The van der Waals surface area contributed by atoms with Gasteiger partial charge in [0.15, 0.2) is 0 Å². The van der Waals surface area contributed by atoms with Gasteiger partial charge in [-0.25, -0.2) is 0 Å². The first-order valence-electron chi connectivity index (χ1n) is 5.51. The molecule has 1 unspecified atom stereocenters. The Morgan fingerprint density at radius 3 is 2.73 bits per heavy atom. The first-order valence-corrected chi connectivity index (χ1v) is 5.89. The number of rotatable bonds is 2. The van der Waals surface area contributed by atoms with Crippen molar-refractivity contribution in [1.29, 1.82) is 0 Å². The van der Waals surface area contributed by atoms with Crippen molar-refractivity contribution >= 4 is 11.6 Å². The molecule has 0 radical (unpaired) electrons. The van der Waals surface area contributed by atoms with E-state index in [0.29, 0.717) is 6.04 Å². The van der Waals surface area contributed by atoms with Crippen molar-refractivity contribution in [1.82, 2.24) is 14.7 Å². The van der Waals surface area contributed by atoms with Crippen LogP contribution in [-0.4, -0.2) is 27.3 Å². The summed E-state index contributed by atoms with van der Waals surface area (Å²) in [6.07, 6.45) is 2.61. The van der Waals surface area contributed by atoms with Gasteiger partial charge >= 0.3 is 0 Å². The zero-order chi connectivity index (χ0) is 11.0. The first kappa shape index (κ1) is 11.0. The van der Waals surface area contributed by atoms with E-state index >= 15 is 0 Å². The van der Waals surface area contributed by atoms with Crippen molar-refractivity contribution in [2.45, 2.75) is 39.3 Å². The molecule has 15 heavy (non-hydrogen) atoms. The molecule has 1 saturated heterocycles. The monoisotopic (exact) mass is 227 g/mol. The predicted molar refractivity (Wildman–Crippen MR) is 62.1 cm³/mol. The fourth-order valence-electron chi connectivity index (χ4n) is 2.28. The second-order valence-corrected chi connectivity index (χ2v) is 4.80. The Hall–Kier alpha value is -0.540. The SMILES string of the molecule is Cc1nn(C)c(Cl)c1CN1CCCC1C. The Bertz CT molecular complexity index is 359. The lowest BCUT2D eigenvalue weighted by molar-refractivity contribution is 0.260. The quantitative estimate of drug-likeness (QED) is 0.774. The van der Waals surface area contributed by atoms with Crippen molar-refractivity contribution in [3.63, 3.8) is 0 Å². The number of halogens is 1. The van der Waals surface area contributed by atoms with Crippen molar-refractivity contribution in [2.75, 3.05) is 6.54 Å². The molecule has 1 aromatic heterocycles. The molecular formula is C11H18ClN3.